The van der Waals surface area contributed by atoms with Crippen molar-refractivity contribution < 1.29 is 4.79 Å². The number of fused-ring (bicyclic) bond motifs is 1. The molecule has 2 aliphatic rings. The normalized spacial score (nSPS) is 17.6. The minimum Gasteiger partial charge on any atom is -0.382 e. The van der Waals surface area contributed by atoms with E-state index in [1.807, 2.05) is 12.1 Å². The molecule has 0 saturated carbocycles. The van der Waals surface area contributed by atoms with Crippen molar-refractivity contribution in [1.29, 1.82) is 0 Å². The number of hydrogen-bond donors (Lipinski definition) is 3. The van der Waals surface area contributed by atoms with Crippen molar-refractivity contribution in [3.8, 4) is 11.3 Å². The zero-order valence-corrected chi connectivity index (χ0v) is 19.5. The SMILES string of the molecule is Nc1ncc(-c2cccc(CN[C@H]3CCc4ccccc43)c2)nc1C(=O)NCCN1CCCC1. The molecule has 1 atom stereocenters. The number of nitrogen functional groups attached to an aromatic ring is 1. The molecule has 1 aliphatic heterocycles. The lowest BCUT2D eigenvalue weighted by Crippen LogP contribution is -2.34. The van der Waals surface area contributed by atoms with Crippen LogP contribution in [0.3, 0.4) is 0 Å². The molecule has 0 radical (unpaired) electrons. The predicted molar refractivity (Wildman–Crippen MR) is 134 cm³/mol. The van der Waals surface area contributed by atoms with Crippen LogP contribution in [0.2, 0.25) is 0 Å². The molecule has 5 rings (SSSR count). The van der Waals surface area contributed by atoms with Crippen LogP contribution >= 0.6 is 0 Å². The Hall–Kier alpha value is -3.29. The van der Waals surface area contributed by atoms with E-state index in [1.54, 1.807) is 6.20 Å². The first-order valence-corrected chi connectivity index (χ1v) is 12.2. The fourth-order valence-corrected chi connectivity index (χ4v) is 4.97. The molecule has 2 heterocycles. The highest BCUT2D eigenvalue weighted by Crippen LogP contribution is 2.31. The number of aryl methyl sites for hydroxylation is 1. The third-order valence-corrected chi connectivity index (χ3v) is 6.84. The van der Waals surface area contributed by atoms with Crippen LogP contribution in [0.25, 0.3) is 11.3 Å². The van der Waals surface area contributed by atoms with Gasteiger partial charge in [0.2, 0.25) is 0 Å². The van der Waals surface area contributed by atoms with E-state index in [-0.39, 0.29) is 17.4 Å². The van der Waals surface area contributed by atoms with Gasteiger partial charge in [-0.25, -0.2) is 9.97 Å². The lowest BCUT2D eigenvalue weighted by Gasteiger charge is -2.15. The Morgan fingerprint density at radius 1 is 1.12 bits per heavy atom. The number of rotatable bonds is 8. The van der Waals surface area contributed by atoms with Gasteiger partial charge in [-0.2, -0.15) is 0 Å². The number of aromatic nitrogens is 2. The number of amides is 1. The van der Waals surface area contributed by atoms with Crippen molar-refractivity contribution in [2.75, 3.05) is 31.9 Å². The molecular formula is C27H32N6O. The molecule has 34 heavy (non-hydrogen) atoms. The van der Waals surface area contributed by atoms with E-state index in [0.717, 1.165) is 50.1 Å². The number of nitrogens with one attached hydrogen (secondary N) is 2. The number of anilines is 1. The Labute approximate surface area is 200 Å². The van der Waals surface area contributed by atoms with E-state index in [2.05, 4.69) is 61.9 Å². The van der Waals surface area contributed by atoms with Gasteiger partial charge in [-0.15, -0.1) is 0 Å². The lowest BCUT2D eigenvalue weighted by atomic mass is 10.1. The van der Waals surface area contributed by atoms with Gasteiger partial charge in [0.05, 0.1) is 11.9 Å². The molecular weight excluding hydrogens is 424 g/mol. The molecule has 3 aromatic rings. The summed E-state index contributed by atoms with van der Waals surface area (Å²) in [5.74, 6) is -0.121. The van der Waals surface area contributed by atoms with Gasteiger partial charge in [-0.05, 0) is 61.5 Å². The van der Waals surface area contributed by atoms with Gasteiger partial charge in [0, 0.05) is 31.2 Å². The second-order valence-corrected chi connectivity index (χ2v) is 9.17. The average Bonchev–Trinajstić information content (AvgIpc) is 3.53. The minimum atomic E-state index is -0.274. The van der Waals surface area contributed by atoms with Crippen LogP contribution in [0.4, 0.5) is 5.82 Å². The number of likely N-dealkylation sites (tertiary alicyclic amines) is 1. The molecule has 0 spiro atoms. The summed E-state index contributed by atoms with van der Waals surface area (Å²) in [7, 11) is 0. The molecule has 7 heteroatoms. The summed E-state index contributed by atoms with van der Waals surface area (Å²) >= 11 is 0. The first kappa shape index (κ1) is 22.5. The van der Waals surface area contributed by atoms with Crippen molar-refractivity contribution in [2.45, 2.75) is 38.3 Å². The number of hydrogen-bond acceptors (Lipinski definition) is 6. The highest BCUT2D eigenvalue weighted by molar-refractivity contribution is 5.96. The van der Waals surface area contributed by atoms with Crippen molar-refractivity contribution in [3.63, 3.8) is 0 Å². The molecule has 2 aromatic carbocycles. The van der Waals surface area contributed by atoms with Crippen LogP contribution in [0.15, 0.2) is 54.7 Å². The smallest absolute Gasteiger partial charge is 0.273 e. The highest BCUT2D eigenvalue weighted by atomic mass is 16.1. The molecule has 1 saturated heterocycles. The Kier molecular flexibility index (Phi) is 6.83. The number of carbonyl (C=O) groups excluding carboxylic acids is 1. The summed E-state index contributed by atoms with van der Waals surface area (Å²) in [6.07, 6.45) is 6.35. The first-order valence-electron chi connectivity index (χ1n) is 12.2. The number of nitrogens with zero attached hydrogens (tertiary/aromatic N) is 3. The van der Waals surface area contributed by atoms with Crippen molar-refractivity contribution >= 4 is 11.7 Å². The minimum absolute atomic E-state index is 0.153. The highest BCUT2D eigenvalue weighted by Gasteiger charge is 2.21. The van der Waals surface area contributed by atoms with Crippen LogP contribution < -0.4 is 16.4 Å². The fourth-order valence-electron chi connectivity index (χ4n) is 4.97. The zero-order valence-electron chi connectivity index (χ0n) is 19.5. The molecule has 4 N–H and O–H groups in total. The summed E-state index contributed by atoms with van der Waals surface area (Å²) < 4.78 is 0. The van der Waals surface area contributed by atoms with Crippen LogP contribution in [0.5, 0.6) is 0 Å². The fraction of sp³-hybridized carbons (Fsp3) is 0.370. The zero-order chi connectivity index (χ0) is 23.3. The number of carbonyl (C=O) groups is 1. The van der Waals surface area contributed by atoms with E-state index in [0.29, 0.717) is 18.3 Å². The van der Waals surface area contributed by atoms with E-state index >= 15 is 0 Å². The van der Waals surface area contributed by atoms with Gasteiger partial charge in [-0.1, -0.05) is 42.5 Å². The molecule has 7 nitrogen and oxygen atoms in total. The van der Waals surface area contributed by atoms with E-state index in [4.69, 9.17) is 5.73 Å². The lowest BCUT2D eigenvalue weighted by molar-refractivity contribution is 0.0945. The molecule has 1 aromatic heterocycles. The Bertz CT molecular complexity index is 1160. The summed E-state index contributed by atoms with van der Waals surface area (Å²) in [5.41, 5.74) is 11.8. The topological polar surface area (TPSA) is 96.2 Å². The number of nitrogens with two attached hydrogens (primary N) is 1. The van der Waals surface area contributed by atoms with Crippen LogP contribution in [-0.4, -0.2) is 47.0 Å². The first-order chi connectivity index (χ1) is 16.7. The van der Waals surface area contributed by atoms with Crippen LogP contribution in [0, 0.1) is 0 Å². The summed E-state index contributed by atoms with van der Waals surface area (Å²) in [6.45, 7) is 4.39. The van der Waals surface area contributed by atoms with Gasteiger partial charge in [0.15, 0.2) is 11.5 Å². The third kappa shape index (κ3) is 5.11. The maximum atomic E-state index is 12.7. The van der Waals surface area contributed by atoms with E-state index < -0.39 is 0 Å². The monoisotopic (exact) mass is 456 g/mol. The Morgan fingerprint density at radius 3 is 2.85 bits per heavy atom. The summed E-state index contributed by atoms with van der Waals surface area (Å²) in [5, 5.41) is 6.64. The standard InChI is InChI=1S/C27H32N6O/c28-26-25(27(34)29-12-15-33-13-3-4-14-33)32-24(18-31-26)21-8-5-6-19(16-21)17-30-23-11-10-20-7-1-2-9-22(20)23/h1-2,5-9,16,18,23,30H,3-4,10-15,17H2,(H2,28,31)(H,29,34)/t23-/m0/s1. The second-order valence-electron chi connectivity index (χ2n) is 9.17. The van der Waals surface area contributed by atoms with Crippen molar-refractivity contribution in [3.05, 3.63) is 77.1 Å². The molecule has 1 amide bonds. The van der Waals surface area contributed by atoms with Gasteiger partial charge >= 0.3 is 0 Å². The number of benzene rings is 2. The molecule has 0 bridgehead atoms. The average molecular weight is 457 g/mol. The Balaban J connectivity index is 1.24. The maximum absolute atomic E-state index is 12.7. The van der Waals surface area contributed by atoms with Gasteiger partial charge in [-0.3, -0.25) is 4.79 Å². The third-order valence-electron chi connectivity index (χ3n) is 6.84. The second kappa shape index (κ2) is 10.3. The molecule has 176 valence electrons. The van der Waals surface area contributed by atoms with Crippen molar-refractivity contribution in [2.24, 2.45) is 0 Å². The van der Waals surface area contributed by atoms with Gasteiger partial charge in [0.25, 0.3) is 5.91 Å². The molecule has 1 aliphatic carbocycles. The summed E-state index contributed by atoms with van der Waals surface area (Å²) in [6, 6.07) is 17.3. The largest absolute Gasteiger partial charge is 0.382 e. The van der Waals surface area contributed by atoms with E-state index in [1.165, 1.54) is 24.0 Å². The van der Waals surface area contributed by atoms with E-state index in [9.17, 15) is 4.79 Å². The Morgan fingerprint density at radius 2 is 1.97 bits per heavy atom. The van der Waals surface area contributed by atoms with Gasteiger partial charge in [0.1, 0.15) is 0 Å². The maximum Gasteiger partial charge on any atom is 0.273 e. The van der Waals surface area contributed by atoms with Gasteiger partial charge < -0.3 is 21.3 Å². The van der Waals surface area contributed by atoms with Crippen LogP contribution in [-0.2, 0) is 13.0 Å². The van der Waals surface area contributed by atoms with Crippen LogP contribution in [0.1, 0.15) is 52.5 Å². The quantitative estimate of drug-likeness (QED) is 0.481. The summed E-state index contributed by atoms with van der Waals surface area (Å²) in [4.78, 5) is 23.9. The van der Waals surface area contributed by atoms with Crippen molar-refractivity contribution in [1.82, 2.24) is 25.5 Å². The molecule has 0 unspecified atom stereocenters. The molecule has 1 fully saturated rings. The predicted octanol–water partition coefficient (Wildman–Crippen LogP) is 3.33.